The Balaban J connectivity index is 1.37. The minimum atomic E-state index is -0.312. The molecule has 0 saturated heterocycles. The van der Waals surface area contributed by atoms with Crippen molar-refractivity contribution in [3.63, 3.8) is 0 Å². The molecule has 51 heavy (non-hydrogen) atoms. The number of methoxy groups -OCH3 is 2. The number of fused-ring (bicyclic) bond motifs is 5. The predicted octanol–water partition coefficient (Wildman–Crippen LogP) is 6.08. The van der Waals surface area contributed by atoms with E-state index in [1.165, 1.54) is 0 Å². The van der Waals surface area contributed by atoms with Crippen LogP contribution in [-0.4, -0.2) is 63.7 Å². The number of carbonyl (C=O) groups excluding carboxylic acids is 1. The van der Waals surface area contributed by atoms with E-state index in [4.69, 9.17) is 19.4 Å². The van der Waals surface area contributed by atoms with Gasteiger partial charge in [-0.3, -0.25) is 9.36 Å². The molecule has 0 saturated carbocycles. The van der Waals surface area contributed by atoms with Crippen LogP contribution in [0.3, 0.4) is 0 Å². The van der Waals surface area contributed by atoms with E-state index in [9.17, 15) is 9.59 Å². The highest BCUT2D eigenvalue weighted by Crippen LogP contribution is 2.34. The molecule has 1 N–H and O–H groups in total. The number of nitrogens with one attached hydrogen (secondary N) is 1. The Morgan fingerprint density at radius 1 is 0.863 bits per heavy atom. The maximum Gasteiger partial charge on any atom is 0.328 e. The van der Waals surface area contributed by atoms with Crippen molar-refractivity contribution in [2.24, 2.45) is 0 Å². The Morgan fingerprint density at radius 2 is 1.51 bits per heavy atom. The van der Waals surface area contributed by atoms with Gasteiger partial charge in [0.2, 0.25) is 5.95 Å². The van der Waals surface area contributed by atoms with Crippen LogP contribution in [0, 0.1) is 0 Å². The third kappa shape index (κ3) is 6.80. The van der Waals surface area contributed by atoms with Gasteiger partial charge in [-0.2, -0.15) is 9.97 Å². The summed E-state index contributed by atoms with van der Waals surface area (Å²) in [6.45, 7) is 8.74. The van der Waals surface area contributed by atoms with E-state index in [1.54, 1.807) is 18.8 Å². The van der Waals surface area contributed by atoms with Gasteiger partial charge in [0, 0.05) is 44.3 Å². The number of rotatable bonds is 7. The smallest absolute Gasteiger partial charge is 0.328 e. The van der Waals surface area contributed by atoms with Gasteiger partial charge in [0.1, 0.15) is 17.0 Å². The normalized spacial score (nSPS) is 14.6. The Labute approximate surface area is 298 Å². The number of hydrogen-bond acceptors (Lipinski definition) is 8. The molecule has 0 unspecified atom stereocenters. The van der Waals surface area contributed by atoms with Crippen LogP contribution >= 0.6 is 0 Å². The van der Waals surface area contributed by atoms with Crippen molar-refractivity contribution in [3.05, 3.63) is 117 Å². The fourth-order valence-corrected chi connectivity index (χ4v) is 6.90. The van der Waals surface area contributed by atoms with Gasteiger partial charge < -0.3 is 29.2 Å². The molecule has 0 atom stereocenters. The van der Waals surface area contributed by atoms with E-state index in [0.717, 1.165) is 45.7 Å². The highest BCUT2D eigenvalue weighted by Gasteiger charge is 2.36. The summed E-state index contributed by atoms with van der Waals surface area (Å²) in [6, 6.07) is 20.1. The van der Waals surface area contributed by atoms with Gasteiger partial charge >= 0.3 is 5.69 Å². The average molecular weight is 688 g/mol. The Bertz CT molecular complexity index is 2110. The van der Waals surface area contributed by atoms with Crippen LogP contribution < -0.4 is 25.0 Å². The summed E-state index contributed by atoms with van der Waals surface area (Å²) in [6.07, 6.45) is 5.85. The molecule has 2 aliphatic heterocycles. The van der Waals surface area contributed by atoms with Crippen LogP contribution in [0.5, 0.6) is 11.5 Å². The monoisotopic (exact) mass is 687 g/mol. The first-order valence-electron chi connectivity index (χ1n) is 17.4. The van der Waals surface area contributed by atoms with Crippen LogP contribution in [0.25, 0.3) is 11.2 Å². The van der Waals surface area contributed by atoms with Gasteiger partial charge in [0.15, 0.2) is 11.5 Å². The molecule has 4 bridgehead atoms. The molecular weight excluding hydrogens is 642 g/mol. The number of nitrogens with zero attached hydrogens (tertiary/aromatic N) is 6. The van der Waals surface area contributed by atoms with E-state index in [2.05, 4.69) is 48.9 Å². The van der Waals surface area contributed by atoms with Crippen molar-refractivity contribution in [2.75, 3.05) is 37.6 Å². The van der Waals surface area contributed by atoms with Crippen molar-refractivity contribution >= 4 is 28.8 Å². The van der Waals surface area contributed by atoms with Gasteiger partial charge in [-0.15, -0.1) is 0 Å². The number of carbonyl (C=O) groups is 1. The number of allylic oxidation sites excluding steroid dienone is 1. The summed E-state index contributed by atoms with van der Waals surface area (Å²) in [4.78, 5) is 47.1. The Kier molecular flexibility index (Phi) is 9.05. The number of aromatic nitrogens is 4. The van der Waals surface area contributed by atoms with Gasteiger partial charge in [0.25, 0.3) is 5.91 Å². The second-order valence-corrected chi connectivity index (χ2v) is 14.3. The fraction of sp³-hybridized carbons (Fsp3) is 0.350. The lowest BCUT2D eigenvalue weighted by molar-refractivity contribution is 0.0609. The number of amides is 1. The van der Waals surface area contributed by atoms with Crippen LogP contribution in [0.15, 0.2) is 77.6 Å². The summed E-state index contributed by atoms with van der Waals surface area (Å²) in [5.41, 5.74) is 6.35. The zero-order valence-electron chi connectivity index (χ0n) is 30.2. The first kappa shape index (κ1) is 33.9. The zero-order valence-corrected chi connectivity index (χ0v) is 30.2. The molecule has 11 nitrogen and oxygen atoms in total. The van der Waals surface area contributed by atoms with E-state index in [-0.39, 0.29) is 23.7 Å². The highest BCUT2D eigenvalue weighted by atomic mass is 16.5. The third-order valence-corrected chi connectivity index (χ3v) is 9.78. The topological polar surface area (TPSA) is 109 Å². The molecule has 5 aromatic rings. The maximum atomic E-state index is 13.9. The van der Waals surface area contributed by atoms with Crippen LogP contribution in [0.2, 0.25) is 0 Å². The van der Waals surface area contributed by atoms with Crippen LogP contribution in [0.1, 0.15) is 65.4 Å². The second-order valence-electron chi connectivity index (χ2n) is 14.3. The Morgan fingerprint density at radius 3 is 2.12 bits per heavy atom. The number of aromatic amines is 1. The average Bonchev–Trinajstić information content (AvgIpc) is 3.63. The molecule has 2 aromatic heterocycles. The highest BCUT2D eigenvalue weighted by molar-refractivity contribution is 5.99. The SMILES string of the molecule is COc1ccc(CN(Cc2ccc(OC)cc2)c2nc3nc4c2[nH]c(=O)n4Cc2cc(c4c(c2)C(=O)N(C(C)(C)C)C4)CC=CCCN3C)cc1. The minimum Gasteiger partial charge on any atom is -0.497 e. The lowest BCUT2D eigenvalue weighted by Gasteiger charge is -2.31. The predicted molar refractivity (Wildman–Crippen MR) is 200 cm³/mol. The van der Waals surface area contributed by atoms with Crippen molar-refractivity contribution in [1.82, 2.24) is 24.4 Å². The van der Waals surface area contributed by atoms with E-state index in [0.29, 0.717) is 61.1 Å². The maximum absolute atomic E-state index is 13.9. The number of anilines is 2. The third-order valence-electron chi connectivity index (χ3n) is 9.78. The summed E-state index contributed by atoms with van der Waals surface area (Å²) in [7, 11) is 5.30. The molecule has 0 aliphatic carbocycles. The summed E-state index contributed by atoms with van der Waals surface area (Å²) < 4.78 is 12.5. The molecule has 2 aliphatic rings. The van der Waals surface area contributed by atoms with E-state index < -0.39 is 0 Å². The molecule has 4 heterocycles. The lowest BCUT2D eigenvalue weighted by Crippen LogP contribution is -2.41. The van der Waals surface area contributed by atoms with Crippen molar-refractivity contribution < 1.29 is 14.3 Å². The minimum absolute atomic E-state index is 0.0261. The van der Waals surface area contributed by atoms with E-state index >= 15 is 0 Å². The molecule has 0 fully saturated rings. The largest absolute Gasteiger partial charge is 0.497 e. The Hall–Kier alpha value is -5.58. The van der Waals surface area contributed by atoms with Crippen molar-refractivity contribution in [1.29, 1.82) is 0 Å². The molecule has 264 valence electrons. The van der Waals surface area contributed by atoms with Gasteiger partial charge in [-0.25, -0.2) is 4.79 Å². The fourth-order valence-electron chi connectivity index (χ4n) is 6.90. The quantitative estimate of drug-likeness (QED) is 0.205. The summed E-state index contributed by atoms with van der Waals surface area (Å²) >= 11 is 0. The molecule has 0 radical (unpaired) electrons. The van der Waals surface area contributed by atoms with Gasteiger partial charge in [0.05, 0.1) is 20.8 Å². The number of imidazole rings is 1. The molecular formula is C40H45N7O4. The molecule has 0 spiro atoms. The lowest BCUT2D eigenvalue weighted by atomic mass is 9.97. The number of ether oxygens (including phenoxy) is 2. The zero-order chi connectivity index (χ0) is 35.9. The number of hydrogen-bond donors (Lipinski definition) is 1. The van der Waals surface area contributed by atoms with Crippen LogP contribution in [0.4, 0.5) is 11.8 Å². The standard InChI is InChI=1S/C40H45N7O4/c1-40(2,3)47-25-33-29-10-8-7-9-19-44(4)38-42-35(34-36(43-38)46(39(49)41-34)24-28(20-29)21-32(33)37(47)48)45(22-26-11-15-30(50-5)16-12-26)23-27-13-17-31(51-6)18-14-27/h7-8,11-18,20-21H,9-10,19,22-25H2,1-6H3,(H,41,49). The summed E-state index contributed by atoms with van der Waals surface area (Å²) in [5, 5.41) is 0. The molecule has 7 rings (SSSR count). The number of H-pyrrole nitrogens is 1. The van der Waals surface area contributed by atoms with E-state index in [1.807, 2.05) is 71.4 Å². The van der Waals surface area contributed by atoms with Crippen molar-refractivity contribution in [2.45, 2.75) is 65.3 Å². The van der Waals surface area contributed by atoms with Crippen LogP contribution in [-0.2, 0) is 32.6 Å². The number of benzene rings is 3. The first-order valence-corrected chi connectivity index (χ1v) is 17.4. The summed E-state index contributed by atoms with van der Waals surface area (Å²) in [5.74, 6) is 2.73. The molecule has 3 aromatic carbocycles. The molecule has 11 heteroatoms. The van der Waals surface area contributed by atoms with Crippen molar-refractivity contribution in [3.8, 4) is 11.5 Å². The second kappa shape index (κ2) is 13.6. The van der Waals surface area contributed by atoms with Gasteiger partial charge in [-0.1, -0.05) is 42.5 Å². The molecule has 1 amide bonds. The van der Waals surface area contributed by atoms with Gasteiger partial charge in [-0.05, 0) is 91.8 Å². The first-order chi connectivity index (χ1) is 24.5.